The van der Waals surface area contributed by atoms with Gasteiger partial charge in [-0.1, -0.05) is 58.8 Å². The van der Waals surface area contributed by atoms with Crippen molar-refractivity contribution in [3.05, 3.63) is 23.3 Å². The quantitative estimate of drug-likeness (QED) is 0.176. The highest BCUT2D eigenvalue weighted by Crippen LogP contribution is 2.41. The third-order valence-electron chi connectivity index (χ3n) is 13.0. The Hall–Kier alpha value is -2.44. The summed E-state index contributed by atoms with van der Waals surface area (Å²) < 4.78 is 18.1. The molecule has 4 rings (SSSR count). The molecule has 3 heterocycles. The van der Waals surface area contributed by atoms with E-state index >= 15 is 0 Å². The van der Waals surface area contributed by atoms with Crippen LogP contribution in [0, 0.1) is 35.5 Å². The largest absolute Gasteiger partial charge is 0.456 e. The van der Waals surface area contributed by atoms with Crippen molar-refractivity contribution < 1.29 is 48.7 Å². The SMILES string of the molecule is CC[C@H]1C[C@@H](C)[C@@]2(O)O[C@@H]1CC[C@@H](C)C/C(C)=C/[C@@H](CC)C(=O)C[C@H](O)[C@@H](C)[C@@H](/C(C)=C/[C@@H]1CC[C@@H](O)[C@H](OC)C1)OC(=O)[C@@H]1CCCCN1C(=O)C2=O. The predicted molar refractivity (Wildman–Crippen MR) is 205 cm³/mol. The molecule has 306 valence electrons. The van der Waals surface area contributed by atoms with Crippen LogP contribution in [0.1, 0.15) is 132 Å². The van der Waals surface area contributed by atoms with Crippen molar-refractivity contribution in [3.8, 4) is 0 Å². The number of methoxy groups -OCH3 is 1. The topological polar surface area (TPSA) is 160 Å². The Labute approximate surface area is 323 Å². The number of esters is 1. The molecule has 0 radical (unpaired) electrons. The van der Waals surface area contributed by atoms with E-state index in [0.29, 0.717) is 56.9 Å². The Kier molecular flexibility index (Phi) is 16.1. The van der Waals surface area contributed by atoms with Gasteiger partial charge >= 0.3 is 5.97 Å². The number of ether oxygens (including phenoxy) is 3. The molecule has 54 heavy (non-hydrogen) atoms. The molecule has 0 aromatic heterocycles. The maximum absolute atomic E-state index is 14.2. The summed E-state index contributed by atoms with van der Waals surface area (Å²) in [4.78, 5) is 57.4. The van der Waals surface area contributed by atoms with Crippen molar-refractivity contribution in [2.24, 2.45) is 35.5 Å². The minimum Gasteiger partial charge on any atom is -0.456 e. The van der Waals surface area contributed by atoms with E-state index in [9.17, 15) is 34.5 Å². The molecule has 0 spiro atoms. The lowest BCUT2D eigenvalue weighted by molar-refractivity contribution is -0.276. The number of ketones is 2. The number of nitrogens with zero attached hydrogens (tertiary/aromatic N) is 1. The Bertz CT molecular complexity index is 1380. The zero-order valence-corrected chi connectivity index (χ0v) is 34.1. The maximum Gasteiger partial charge on any atom is 0.329 e. The molecule has 1 saturated carbocycles. The Balaban J connectivity index is 1.73. The van der Waals surface area contributed by atoms with Gasteiger partial charge in [0, 0.05) is 37.8 Å². The van der Waals surface area contributed by atoms with E-state index in [1.165, 1.54) is 4.90 Å². The second-order valence-electron chi connectivity index (χ2n) is 17.2. The molecular weight excluding hydrogens is 690 g/mol. The standard InChI is InChI=1S/C43H69NO10/c1-9-31-20-26(4)19-25(3)14-17-37-32(10-2)22-28(6)43(51,54-37)40(48)41(49)44-18-12-11-13-33(44)42(50)53-39(29(7)35(46)24-36(31)47)27(5)21-30-15-16-34(45)38(23-30)52-8/h20-21,25,28-35,37-39,45-46,51H,9-19,22-24H2,1-8H3/b26-20+,27-21+/t25-,28-,29-,30+,31-,32+,33+,34-,35+,37-,38-,39-,43-/m1/s1. The Morgan fingerprint density at radius 3 is 2.35 bits per heavy atom. The summed E-state index contributed by atoms with van der Waals surface area (Å²) in [6, 6.07) is -1.08. The van der Waals surface area contributed by atoms with Crippen molar-refractivity contribution in [1.29, 1.82) is 0 Å². The number of piperidine rings is 1. The van der Waals surface area contributed by atoms with Crippen LogP contribution in [0.25, 0.3) is 0 Å². The molecule has 2 bridgehead atoms. The maximum atomic E-state index is 14.2. The first-order valence-corrected chi connectivity index (χ1v) is 20.8. The molecule has 2 saturated heterocycles. The molecule has 1 amide bonds. The van der Waals surface area contributed by atoms with Gasteiger partial charge in [0.1, 0.15) is 17.9 Å². The second-order valence-corrected chi connectivity index (χ2v) is 17.2. The first kappa shape index (κ1) is 44.3. The molecule has 11 heteroatoms. The summed E-state index contributed by atoms with van der Waals surface area (Å²) in [6.07, 6.45) is 7.86. The molecule has 11 nitrogen and oxygen atoms in total. The van der Waals surface area contributed by atoms with Crippen LogP contribution in [-0.2, 0) is 33.4 Å². The second kappa shape index (κ2) is 19.6. The third kappa shape index (κ3) is 10.5. The van der Waals surface area contributed by atoms with Gasteiger partial charge in [-0.25, -0.2) is 4.79 Å². The number of aliphatic hydroxyl groups excluding tert-OH is 2. The van der Waals surface area contributed by atoms with Crippen LogP contribution >= 0.6 is 0 Å². The fraction of sp³-hybridized carbons (Fsp3) is 0.814. The van der Waals surface area contributed by atoms with Gasteiger partial charge in [0.25, 0.3) is 11.7 Å². The third-order valence-corrected chi connectivity index (χ3v) is 13.0. The van der Waals surface area contributed by atoms with Gasteiger partial charge in [-0.2, -0.15) is 0 Å². The Morgan fingerprint density at radius 1 is 0.963 bits per heavy atom. The van der Waals surface area contributed by atoms with Crippen LogP contribution < -0.4 is 0 Å². The molecule has 0 aromatic carbocycles. The number of hydrogen-bond acceptors (Lipinski definition) is 10. The average Bonchev–Trinajstić information content (AvgIpc) is 3.15. The van der Waals surface area contributed by atoms with Crippen LogP contribution in [0.3, 0.4) is 0 Å². The van der Waals surface area contributed by atoms with Gasteiger partial charge in [0.15, 0.2) is 0 Å². The average molecular weight is 760 g/mol. The number of Topliss-reactive ketones (excluding diaryl/α,β-unsaturated/α-hetero) is 2. The van der Waals surface area contributed by atoms with Gasteiger partial charge in [-0.3, -0.25) is 14.4 Å². The fourth-order valence-corrected chi connectivity index (χ4v) is 9.44. The van der Waals surface area contributed by atoms with Gasteiger partial charge in [0.2, 0.25) is 5.79 Å². The highest BCUT2D eigenvalue weighted by molar-refractivity contribution is 6.39. The van der Waals surface area contributed by atoms with Crippen molar-refractivity contribution in [3.63, 3.8) is 0 Å². The fourth-order valence-electron chi connectivity index (χ4n) is 9.44. The van der Waals surface area contributed by atoms with Crippen molar-refractivity contribution in [1.82, 2.24) is 4.90 Å². The van der Waals surface area contributed by atoms with Crippen LogP contribution in [0.4, 0.5) is 0 Å². The molecular formula is C43H69NO10. The molecule has 1 aliphatic carbocycles. The first-order valence-electron chi connectivity index (χ1n) is 20.8. The number of rotatable bonds is 5. The Morgan fingerprint density at radius 2 is 1.69 bits per heavy atom. The van der Waals surface area contributed by atoms with Crippen LogP contribution in [-0.4, -0.2) is 99.7 Å². The molecule has 0 unspecified atom stereocenters. The number of amides is 1. The summed E-state index contributed by atoms with van der Waals surface area (Å²) >= 11 is 0. The zero-order chi connectivity index (χ0) is 39.9. The zero-order valence-electron chi connectivity index (χ0n) is 34.1. The number of hydrogen-bond donors (Lipinski definition) is 3. The molecule has 0 aromatic rings. The molecule has 3 fully saturated rings. The predicted octanol–water partition coefficient (Wildman–Crippen LogP) is 5.86. The van der Waals surface area contributed by atoms with E-state index in [0.717, 1.165) is 24.8 Å². The molecule has 3 aliphatic heterocycles. The molecule has 4 aliphatic rings. The molecule has 3 N–H and O–H groups in total. The normalized spacial score (nSPS) is 41.3. The minimum absolute atomic E-state index is 0.0212. The lowest BCUT2D eigenvalue weighted by Crippen LogP contribution is -2.62. The van der Waals surface area contributed by atoms with Crippen molar-refractivity contribution in [2.75, 3.05) is 13.7 Å². The highest BCUT2D eigenvalue weighted by atomic mass is 16.6. The number of aliphatic hydroxyl groups is 3. The van der Waals surface area contributed by atoms with Gasteiger partial charge in [-0.15, -0.1) is 0 Å². The van der Waals surface area contributed by atoms with E-state index in [1.54, 1.807) is 21.0 Å². The van der Waals surface area contributed by atoms with E-state index in [4.69, 9.17) is 14.2 Å². The number of fused-ring (bicyclic) bond motifs is 3. The van der Waals surface area contributed by atoms with Gasteiger partial charge < -0.3 is 34.4 Å². The van der Waals surface area contributed by atoms with Gasteiger partial charge in [-0.05, 0) is 108 Å². The van der Waals surface area contributed by atoms with E-state index in [-0.39, 0.29) is 54.9 Å². The van der Waals surface area contributed by atoms with E-state index in [1.807, 2.05) is 32.9 Å². The van der Waals surface area contributed by atoms with E-state index in [2.05, 4.69) is 13.8 Å². The summed E-state index contributed by atoms with van der Waals surface area (Å²) in [5.74, 6) is -6.45. The summed E-state index contributed by atoms with van der Waals surface area (Å²) in [5, 5.41) is 33.9. The minimum atomic E-state index is -2.32. The smallest absolute Gasteiger partial charge is 0.329 e. The lowest BCUT2D eigenvalue weighted by atomic mass is 9.77. The summed E-state index contributed by atoms with van der Waals surface area (Å²) in [7, 11) is 1.57. The number of carbonyl (C=O) groups is 4. The monoisotopic (exact) mass is 759 g/mol. The number of allylic oxidation sites excluding steroid dienone is 3. The van der Waals surface area contributed by atoms with Gasteiger partial charge in [0.05, 0.1) is 24.4 Å². The first-order chi connectivity index (χ1) is 25.5. The van der Waals surface area contributed by atoms with Crippen LogP contribution in [0.2, 0.25) is 0 Å². The lowest BCUT2D eigenvalue weighted by Gasteiger charge is -2.45. The van der Waals surface area contributed by atoms with Crippen molar-refractivity contribution >= 4 is 23.4 Å². The van der Waals surface area contributed by atoms with Crippen molar-refractivity contribution in [2.45, 2.75) is 174 Å². The summed E-state index contributed by atoms with van der Waals surface area (Å²) in [5.41, 5.74) is 1.77. The van der Waals surface area contributed by atoms with E-state index < -0.39 is 65.7 Å². The van der Waals surface area contributed by atoms with Crippen LogP contribution in [0.15, 0.2) is 23.3 Å². The highest BCUT2D eigenvalue weighted by Gasteiger charge is 2.54. The molecule has 13 atom stereocenters. The summed E-state index contributed by atoms with van der Waals surface area (Å²) in [6.45, 7) is 13.7. The number of cyclic esters (lactones) is 1. The van der Waals surface area contributed by atoms with Crippen LogP contribution in [0.5, 0.6) is 0 Å². The number of carbonyl (C=O) groups excluding carboxylic acids is 4.